The molecular weight excluding hydrogens is 485 g/mol. The zero-order chi connectivity index (χ0) is 22.5. The first-order valence-electron chi connectivity index (χ1n) is 9.71. The van der Waals surface area contributed by atoms with E-state index in [2.05, 4.69) is 15.1 Å². The van der Waals surface area contributed by atoms with Crippen molar-refractivity contribution in [1.29, 1.82) is 0 Å². The highest BCUT2D eigenvalue weighted by molar-refractivity contribution is 8.00. The number of amides is 1. The SMILES string of the molecule is O=C(CSc1ccc(Cl)cc1)N/N=C\c1cn(Cc2ccc(Cl)c(Cl)c2)c2ccccc12. The Hall–Kier alpha value is -2.44. The number of carbonyl (C=O) groups excluding carboxylic acids is 1. The van der Waals surface area contributed by atoms with Crippen LogP contribution in [0, 0.1) is 0 Å². The number of rotatable bonds is 7. The van der Waals surface area contributed by atoms with Gasteiger partial charge in [-0.2, -0.15) is 5.10 Å². The van der Waals surface area contributed by atoms with Crippen LogP contribution in [0.2, 0.25) is 15.1 Å². The van der Waals surface area contributed by atoms with Gasteiger partial charge in [-0.3, -0.25) is 4.79 Å². The zero-order valence-electron chi connectivity index (χ0n) is 16.8. The van der Waals surface area contributed by atoms with Gasteiger partial charge in [-0.1, -0.05) is 59.1 Å². The Balaban J connectivity index is 1.44. The lowest BCUT2D eigenvalue weighted by atomic mass is 10.2. The number of carbonyl (C=O) groups is 1. The van der Waals surface area contributed by atoms with Gasteiger partial charge < -0.3 is 4.57 Å². The molecule has 0 spiro atoms. The van der Waals surface area contributed by atoms with Crippen LogP contribution in [0.25, 0.3) is 10.9 Å². The molecule has 3 aromatic carbocycles. The normalized spacial score (nSPS) is 11.3. The van der Waals surface area contributed by atoms with E-state index in [0.717, 1.165) is 26.9 Å². The van der Waals surface area contributed by atoms with E-state index in [4.69, 9.17) is 34.8 Å². The Morgan fingerprint density at radius 3 is 2.56 bits per heavy atom. The summed E-state index contributed by atoms with van der Waals surface area (Å²) in [5, 5.41) is 6.93. The third kappa shape index (κ3) is 5.67. The van der Waals surface area contributed by atoms with Gasteiger partial charge in [-0.15, -0.1) is 11.8 Å². The van der Waals surface area contributed by atoms with E-state index >= 15 is 0 Å². The highest BCUT2D eigenvalue weighted by Gasteiger charge is 2.09. The van der Waals surface area contributed by atoms with Crippen LogP contribution in [0.5, 0.6) is 0 Å². The maximum absolute atomic E-state index is 12.1. The Bertz CT molecular complexity index is 1290. The van der Waals surface area contributed by atoms with E-state index in [1.165, 1.54) is 11.8 Å². The minimum atomic E-state index is -0.180. The number of hydrazone groups is 1. The van der Waals surface area contributed by atoms with Crippen molar-refractivity contribution in [2.75, 3.05) is 5.75 Å². The number of aromatic nitrogens is 1. The highest BCUT2D eigenvalue weighted by atomic mass is 35.5. The number of fused-ring (bicyclic) bond motifs is 1. The summed E-state index contributed by atoms with van der Waals surface area (Å²) in [5.41, 5.74) is 5.60. The summed E-state index contributed by atoms with van der Waals surface area (Å²) in [7, 11) is 0. The predicted molar refractivity (Wildman–Crippen MR) is 135 cm³/mol. The Labute approximate surface area is 205 Å². The summed E-state index contributed by atoms with van der Waals surface area (Å²) in [6, 6.07) is 21.0. The minimum absolute atomic E-state index is 0.180. The van der Waals surface area contributed by atoms with E-state index in [1.54, 1.807) is 24.4 Å². The van der Waals surface area contributed by atoms with Crippen molar-refractivity contribution in [3.05, 3.63) is 99.1 Å². The second kappa shape index (κ2) is 10.5. The van der Waals surface area contributed by atoms with Crippen LogP contribution in [0.1, 0.15) is 11.1 Å². The summed E-state index contributed by atoms with van der Waals surface area (Å²) < 4.78 is 2.12. The smallest absolute Gasteiger partial charge is 0.250 e. The van der Waals surface area contributed by atoms with Crippen LogP contribution >= 0.6 is 46.6 Å². The van der Waals surface area contributed by atoms with Crippen LogP contribution in [0.3, 0.4) is 0 Å². The van der Waals surface area contributed by atoms with Crippen LogP contribution in [-0.2, 0) is 11.3 Å². The molecule has 0 fully saturated rings. The van der Waals surface area contributed by atoms with E-state index < -0.39 is 0 Å². The van der Waals surface area contributed by atoms with E-state index in [1.807, 2.05) is 54.7 Å². The topological polar surface area (TPSA) is 46.4 Å². The molecule has 0 radical (unpaired) electrons. The Morgan fingerprint density at radius 2 is 1.78 bits per heavy atom. The fourth-order valence-electron chi connectivity index (χ4n) is 3.23. The van der Waals surface area contributed by atoms with E-state index in [9.17, 15) is 4.79 Å². The fraction of sp³-hybridized carbons (Fsp3) is 0.0833. The van der Waals surface area contributed by atoms with E-state index in [-0.39, 0.29) is 11.7 Å². The lowest BCUT2D eigenvalue weighted by Gasteiger charge is -2.06. The van der Waals surface area contributed by atoms with Crippen LogP contribution in [-0.4, -0.2) is 22.4 Å². The molecule has 1 heterocycles. The molecule has 0 unspecified atom stereocenters. The van der Waals surface area contributed by atoms with Crippen LogP contribution < -0.4 is 5.43 Å². The maximum Gasteiger partial charge on any atom is 0.250 e. The van der Waals surface area contributed by atoms with Crippen molar-refractivity contribution >= 4 is 69.6 Å². The number of hydrogen-bond donors (Lipinski definition) is 1. The molecule has 0 atom stereocenters. The number of hydrogen-bond acceptors (Lipinski definition) is 3. The quantitative estimate of drug-likeness (QED) is 0.170. The fourth-order valence-corrected chi connectivity index (χ4v) is 4.37. The third-order valence-corrected chi connectivity index (χ3v) is 6.74. The third-order valence-electron chi connectivity index (χ3n) is 4.73. The molecule has 1 N–H and O–H groups in total. The first kappa shape index (κ1) is 22.7. The summed E-state index contributed by atoms with van der Waals surface area (Å²) in [6.45, 7) is 0.634. The summed E-state index contributed by atoms with van der Waals surface area (Å²) >= 11 is 19.5. The minimum Gasteiger partial charge on any atom is -0.342 e. The average Bonchev–Trinajstić information content (AvgIpc) is 3.13. The number of nitrogens with zero attached hydrogens (tertiary/aromatic N) is 2. The molecule has 8 heteroatoms. The molecule has 0 saturated carbocycles. The standard InChI is InChI=1S/C24H18Cl3N3OS/c25-18-6-8-19(9-7-18)32-15-24(31)29-28-12-17-14-30(23-4-2-1-3-20(17)23)13-16-5-10-21(26)22(27)11-16/h1-12,14H,13,15H2,(H,29,31)/b28-12-. The molecule has 0 saturated heterocycles. The highest BCUT2D eigenvalue weighted by Crippen LogP contribution is 2.25. The molecule has 1 amide bonds. The molecule has 0 bridgehead atoms. The number of benzene rings is 3. The maximum atomic E-state index is 12.1. The second-order valence-corrected chi connectivity index (χ2v) is 9.31. The van der Waals surface area contributed by atoms with E-state index in [0.29, 0.717) is 21.6 Å². The number of halogens is 3. The van der Waals surface area contributed by atoms with Gasteiger partial charge in [0.2, 0.25) is 5.91 Å². The van der Waals surface area contributed by atoms with Crippen LogP contribution in [0.4, 0.5) is 0 Å². The number of nitrogens with one attached hydrogen (secondary N) is 1. The molecule has 32 heavy (non-hydrogen) atoms. The average molecular weight is 503 g/mol. The Morgan fingerprint density at radius 1 is 1.00 bits per heavy atom. The molecular formula is C24H18Cl3N3OS. The molecule has 1 aromatic heterocycles. The monoisotopic (exact) mass is 501 g/mol. The van der Waals surface area contributed by atoms with Crippen LogP contribution in [0.15, 0.2) is 82.9 Å². The number of para-hydroxylation sites is 1. The zero-order valence-corrected chi connectivity index (χ0v) is 19.8. The van der Waals surface area contributed by atoms with Crippen molar-refractivity contribution in [1.82, 2.24) is 9.99 Å². The van der Waals surface area contributed by atoms with Gasteiger partial charge in [0.1, 0.15) is 0 Å². The van der Waals surface area contributed by atoms with Gasteiger partial charge >= 0.3 is 0 Å². The van der Waals surface area contributed by atoms with Crippen molar-refractivity contribution in [3.63, 3.8) is 0 Å². The van der Waals surface area contributed by atoms with Gasteiger partial charge in [0.05, 0.1) is 22.0 Å². The van der Waals surface area contributed by atoms with Gasteiger partial charge in [-0.05, 0) is 48.0 Å². The van der Waals surface area contributed by atoms with Gasteiger partial charge in [0.25, 0.3) is 0 Å². The van der Waals surface area contributed by atoms with Crippen molar-refractivity contribution in [2.45, 2.75) is 11.4 Å². The summed E-state index contributed by atoms with van der Waals surface area (Å²) in [6.07, 6.45) is 3.67. The lowest BCUT2D eigenvalue weighted by Crippen LogP contribution is -2.19. The summed E-state index contributed by atoms with van der Waals surface area (Å²) in [5.74, 6) is 0.0821. The molecule has 162 valence electrons. The molecule has 4 nitrogen and oxygen atoms in total. The molecule has 0 aliphatic carbocycles. The van der Waals surface area contributed by atoms with Gasteiger partial charge in [-0.25, -0.2) is 5.43 Å². The number of thioether (sulfide) groups is 1. The van der Waals surface area contributed by atoms with Gasteiger partial charge in [0, 0.05) is 39.1 Å². The first-order valence-corrected chi connectivity index (χ1v) is 11.8. The Kier molecular flexibility index (Phi) is 7.43. The molecule has 4 rings (SSSR count). The molecule has 0 aliphatic heterocycles. The largest absolute Gasteiger partial charge is 0.342 e. The van der Waals surface area contributed by atoms with Gasteiger partial charge in [0.15, 0.2) is 0 Å². The first-order chi connectivity index (χ1) is 15.5. The lowest BCUT2D eigenvalue weighted by molar-refractivity contribution is -0.118. The van der Waals surface area contributed by atoms with Crippen molar-refractivity contribution in [3.8, 4) is 0 Å². The molecule has 4 aromatic rings. The second-order valence-electron chi connectivity index (χ2n) is 7.01. The summed E-state index contributed by atoms with van der Waals surface area (Å²) in [4.78, 5) is 13.1. The van der Waals surface area contributed by atoms with Crippen molar-refractivity contribution in [2.24, 2.45) is 5.10 Å². The van der Waals surface area contributed by atoms with Crippen molar-refractivity contribution < 1.29 is 4.79 Å². The molecule has 0 aliphatic rings. The predicted octanol–water partition coefficient (Wildman–Crippen LogP) is 6.89.